The summed E-state index contributed by atoms with van der Waals surface area (Å²) in [5.41, 5.74) is 5.55. The molecule has 5 aromatic rings. The van der Waals surface area contributed by atoms with Gasteiger partial charge in [-0.05, 0) is 80.5 Å². The highest BCUT2D eigenvalue weighted by atomic mass is 35.5. The van der Waals surface area contributed by atoms with Crippen LogP contribution in [0.3, 0.4) is 0 Å². The number of nitrogens with zero attached hydrogens (tertiary/aromatic N) is 7. The number of rotatable bonds is 12. The molecular formula is C48H56ClFN10O5S. The lowest BCUT2D eigenvalue weighted by atomic mass is 9.88. The number of nitrogens with one attached hydrogen (secondary N) is 3. The molecule has 3 N–H and O–H groups in total. The summed E-state index contributed by atoms with van der Waals surface area (Å²) in [6.07, 6.45) is 11.9. The Kier molecular flexibility index (Phi) is 12.5. The predicted octanol–water partition coefficient (Wildman–Crippen LogP) is 7.01. The molecule has 1 unspecified atom stereocenters. The molecule has 348 valence electrons. The Morgan fingerprint density at radius 3 is 2.48 bits per heavy atom. The standard InChI is InChI=1S/C48H56ClFN10O5S/c1-66(63,64)60-21-12-31-5-4-7-40(45(31)60)52-47-38(49)30-51-48(55-47)53-41-10-11-42(37-16-26-65-46(37)41)58-19-14-33(15-20-58)57-24-22-56(23-25-57)18-13-34-6-2-3-17-59(34)35-8-9-36(39(50)29-35)32-27-43(61)54-44(62)28-32/h4-5,7-12,21,29-30,32-34H,2-3,6,13-20,22-28H2,1H3,(H,54,61,62)(H2,51,52,53,55). The molecule has 0 aliphatic carbocycles. The number of carbonyl (C=O) groups excluding carboxylic acids is 2. The van der Waals surface area contributed by atoms with E-state index in [0.717, 1.165) is 113 Å². The highest BCUT2D eigenvalue weighted by Gasteiger charge is 2.33. The number of para-hydroxylation sites is 1. The van der Waals surface area contributed by atoms with Gasteiger partial charge in [-0.3, -0.25) is 19.8 Å². The number of piperidine rings is 3. The number of imide groups is 1. The van der Waals surface area contributed by atoms with Gasteiger partial charge in [0.05, 0.1) is 36.0 Å². The minimum atomic E-state index is -3.55. The smallest absolute Gasteiger partial charge is 0.236 e. The number of fused-ring (bicyclic) bond motifs is 2. The molecule has 0 bridgehead atoms. The van der Waals surface area contributed by atoms with Gasteiger partial charge in [0.2, 0.25) is 27.8 Å². The minimum Gasteiger partial charge on any atom is -0.491 e. The molecule has 2 amide bonds. The number of hydrogen-bond acceptors (Lipinski definition) is 13. The first kappa shape index (κ1) is 44.4. The van der Waals surface area contributed by atoms with E-state index < -0.39 is 15.9 Å². The van der Waals surface area contributed by atoms with Gasteiger partial charge >= 0.3 is 0 Å². The third kappa shape index (κ3) is 9.27. The molecule has 2 aromatic heterocycles. The van der Waals surface area contributed by atoms with Crippen LogP contribution in [0.15, 0.2) is 67.0 Å². The summed E-state index contributed by atoms with van der Waals surface area (Å²) >= 11 is 6.56. The van der Waals surface area contributed by atoms with Crippen molar-refractivity contribution in [1.29, 1.82) is 0 Å². The normalized spacial score (nSPS) is 20.4. The Balaban J connectivity index is 0.722. The molecule has 1 atom stereocenters. The highest BCUT2D eigenvalue weighted by Crippen LogP contribution is 2.43. The number of benzene rings is 3. The number of halogens is 2. The molecule has 5 aliphatic rings. The lowest BCUT2D eigenvalue weighted by molar-refractivity contribution is -0.133. The zero-order valence-corrected chi connectivity index (χ0v) is 38.7. The van der Waals surface area contributed by atoms with Gasteiger partial charge in [0.25, 0.3) is 0 Å². The maximum Gasteiger partial charge on any atom is 0.236 e. The lowest BCUT2D eigenvalue weighted by Gasteiger charge is -2.44. The first-order valence-electron chi connectivity index (χ1n) is 23.2. The van der Waals surface area contributed by atoms with Crippen LogP contribution in [0.4, 0.5) is 38.9 Å². The number of aromatic nitrogens is 3. The molecule has 4 fully saturated rings. The van der Waals surface area contributed by atoms with Crippen LogP contribution < -0.4 is 30.5 Å². The van der Waals surface area contributed by atoms with Crippen molar-refractivity contribution < 1.29 is 27.1 Å². The van der Waals surface area contributed by atoms with E-state index in [0.29, 0.717) is 47.2 Å². The fourth-order valence-corrected chi connectivity index (χ4v) is 11.8. The molecule has 3 aromatic carbocycles. The third-order valence-electron chi connectivity index (χ3n) is 14.1. The Hall–Kier alpha value is -5.49. The number of carbonyl (C=O) groups is 2. The van der Waals surface area contributed by atoms with Crippen LogP contribution in [0.5, 0.6) is 5.75 Å². The molecule has 10 rings (SSSR count). The molecule has 4 saturated heterocycles. The molecule has 7 heterocycles. The Bertz CT molecular complexity index is 2740. The molecule has 0 radical (unpaired) electrons. The highest BCUT2D eigenvalue weighted by molar-refractivity contribution is 7.89. The van der Waals surface area contributed by atoms with E-state index in [1.165, 1.54) is 40.3 Å². The van der Waals surface area contributed by atoms with E-state index in [-0.39, 0.29) is 35.5 Å². The first-order valence-corrected chi connectivity index (χ1v) is 25.4. The quantitative estimate of drug-likeness (QED) is 0.110. The summed E-state index contributed by atoms with van der Waals surface area (Å²) < 4.78 is 48.0. The number of ether oxygens (including phenoxy) is 1. The average Bonchev–Trinajstić information content (AvgIpc) is 4.00. The van der Waals surface area contributed by atoms with Gasteiger partial charge in [0.1, 0.15) is 16.6 Å². The average molecular weight is 940 g/mol. The summed E-state index contributed by atoms with van der Waals surface area (Å²) in [6.45, 7) is 8.68. The van der Waals surface area contributed by atoms with Crippen LogP contribution in [-0.2, 0) is 26.0 Å². The van der Waals surface area contributed by atoms with Crippen LogP contribution in [0.1, 0.15) is 68.4 Å². The predicted molar refractivity (Wildman–Crippen MR) is 256 cm³/mol. The largest absolute Gasteiger partial charge is 0.491 e. The van der Waals surface area contributed by atoms with Crippen molar-refractivity contribution >= 4 is 78.9 Å². The Morgan fingerprint density at radius 1 is 0.909 bits per heavy atom. The van der Waals surface area contributed by atoms with Crippen molar-refractivity contribution in [2.45, 2.75) is 75.8 Å². The van der Waals surface area contributed by atoms with E-state index in [1.807, 2.05) is 24.3 Å². The SMILES string of the molecule is CS(=O)(=O)n1ccc2cccc(Nc3nc(Nc4ccc(N5CCC(N6CCN(CCC7CCCCN7c7ccc(C8CC(=O)NC(=O)C8)c(F)c7)CC6)CC5)c5c4OCC5)ncc3Cl)c21. The number of hydrogen-bond donors (Lipinski definition) is 3. The maximum atomic E-state index is 15.5. The number of anilines is 6. The van der Waals surface area contributed by atoms with Gasteiger partial charge in [0.15, 0.2) is 5.82 Å². The zero-order chi connectivity index (χ0) is 45.5. The Morgan fingerprint density at radius 2 is 1.71 bits per heavy atom. The zero-order valence-electron chi connectivity index (χ0n) is 37.1. The second kappa shape index (κ2) is 18.7. The summed E-state index contributed by atoms with van der Waals surface area (Å²) in [5, 5.41) is 9.95. The summed E-state index contributed by atoms with van der Waals surface area (Å²) in [4.78, 5) is 43.2. The topological polar surface area (TPSA) is 157 Å². The van der Waals surface area contributed by atoms with E-state index in [9.17, 15) is 18.0 Å². The summed E-state index contributed by atoms with van der Waals surface area (Å²) in [5.74, 6) is 0.0344. The van der Waals surface area contributed by atoms with Gasteiger partial charge in [0, 0.05) is 118 Å². The summed E-state index contributed by atoms with van der Waals surface area (Å²) in [7, 11) is -3.55. The van der Waals surface area contributed by atoms with Gasteiger partial charge < -0.3 is 30.1 Å². The Labute approximate surface area is 389 Å². The van der Waals surface area contributed by atoms with Crippen molar-refractivity contribution in [3.63, 3.8) is 0 Å². The minimum absolute atomic E-state index is 0.132. The second-order valence-electron chi connectivity index (χ2n) is 18.3. The van der Waals surface area contributed by atoms with Crippen LogP contribution in [-0.4, -0.2) is 121 Å². The van der Waals surface area contributed by atoms with Gasteiger partial charge in [-0.25, -0.2) is 21.8 Å². The summed E-state index contributed by atoms with van der Waals surface area (Å²) in [6, 6.07) is 17.7. The molecule has 0 saturated carbocycles. The fourth-order valence-electron chi connectivity index (χ4n) is 10.8. The maximum absolute atomic E-state index is 15.5. The van der Waals surface area contributed by atoms with Gasteiger partial charge in [-0.1, -0.05) is 29.8 Å². The molecule has 66 heavy (non-hydrogen) atoms. The third-order valence-corrected chi connectivity index (χ3v) is 15.4. The van der Waals surface area contributed by atoms with E-state index in [1.54, 1.807) is 24.3 Å². The first-order chi connectivity index (χ1) is 31.9. The molecule has 5 aliphatic heterocycles. The van der Waals surface area contributed by atoms with Gasteiger partial charge in [-0.2, -0.15) is 4.98 Å². The van der Waals surface area contributed by atoms with Crippen molar-refractivity contribution in [2.24, 2.45) is 0 Å². The van der Waals surface area contributed by atoms with Crippen molar-refractivity contribution in [1.82, 2.24) is 29.1 Å². The van der Waals surface area contributed by atoms with E-state index in [4.69, 9.17) is 16.3 Å². The second-order valence-corrected chi connectivity index (χ2v) is 20.6. The van der Waals surface area contributed by atoms with Crippen LogP contribution in [0, 0.1) is 5.82 Å². The number of piperazine rings is 1. The lowest BCUT2D eigenvalue weighted by Crippen LogP contribution is -2.53. The van der Waals surface area contributed by atoms with Crippen LogP contribution >= 0.6 is 11.6 Å². The van der Waals surface area contributed by atoms with Crippen LogP contribution in [0.2, 0.25) is 5.02 Å². The van der Waals surface area contributed by atoms with Crippen molar-refractivity contribution in [3.05, 3.63) is 89.0 Å². The van der Waals surface area contributed by atoms with Gasteiger partial charge in [-0.15, -0.1) is 0 Å². The monoisotopic (exact) mass is 938 g/mol. The van der Waals surface area contributed by atoms with E-state index in [2.05, 4.69) is 51.6 Å². The molecule has 0 spiro atoms. The molecule has 15 nitrogen and oxygen atoms in total. The van der Waals surface area contributed by atoms with Crippen molar-refractivity contribution in [3.8, 4) is 5.75 Å². The van der Waals surface area contributed by atoms with Crippen LogP contribution in [0.25, 0.3) is 10.9 Å². The fraction of sp³-hybridized carbons (Fsp3) is 0.458. The number of amides is 2. The molecular weight excluding hydrogens is 883 g/mol. The van der Waals surface area contributed by atoms with E-state index >= 15 is 4.39 Å². The molecule has 18 heteroatoms. The van der Waals surface area contributed by atoms with Crippen molar-refractivity contribution in [2.75, 3.05) is 85.7 Å².